The van der Waals surface area contributed by atoms with Crippen molar-refractivity contribution in [2.75, 3.05) is 13.2 Å². The Labute approximate surface area is 184 Å². The van der Waals surface area contributed by atoms with Gasteiger partial charge in [0, 0.05) is 11.9 Å². The SMILES string of the molecule is CCCCCn1nc(C(=O)OCCN2C(=O)c3ccccc3C2=O)c2ccccc2c1=O. The molecule has 1 aromatic heterocycles. The number of benzene rings is 2. The number of carbonyl (C=O) groups excluding carboxylic acids is 3. The number of rotatable bonds is 8. The van der Waals surface area contributed by atoms with Gasteiger partial charge in [0.15, 0.2) is 5.69 Å². The van der Waals surface area contributed by atoms with Crippen LogP contribution in [0, 0.1) is 0 Å². The normalized spacial score (nSPS) is 13.0. The summed E-state index contributed by atoms with van der Waals surface area (Å²) in [6.07, 6.45) is 2.71. The number of nitrogens with zero attached hydrogens (tertiary/aromatic N) is 3. The van der Waals surface area contributed by atoms with Crippen LogP contribution >= 0.6 is 0 Å². The van der Waals surface area contributed by atoms with E-state index < -0.39 is 17.8 Å². The summed E-state index contributed by atoms with van der Waals surface area (Å²) >= 11 is 0. The van der Waals surface area contributed by atoms with Gasteiger partial charge in [-0.2, -0.15) is 5.10 Å². The molecule has 1 aliphatic heterocycles. The zero-order chi connectivity index (χ0) is 22.7. The lowest BCUT2D eigenvalue weighted by molar-refractivity contribution is 0.0415. The number of esters is 1. The lowest BCUT2D eigenvalue weighted by Gasteiger charge is -2.14. The van der Waals surface area contributed by atoms with Gasteiger partial charge >= 0.3 is 5.97 Å². The second-order valence-electron chi connectivity index (χ2n) is 7.57. The molecule has 0 aliphatic carbocycles. The number of imide groups is 1. The molecular formula is C24H23N3O5. The van der Waals surface area contributed by atoms with E-state index in [9.17, 15) is 19.2 Å². The minimum absolute atomic E-state index is 0.0408. The van der Waals surface area contributed by atoms with Crippen LogP contribution < -0.4 is 5.56 Å². The number of hydrogen-bond acceptors (Lipinski definition) is 6. The second-order valence-corrected chi connectivity index (χ2v) is 7.57. The van der Waals surface area contributed by atoms with Crippen LogP contribution in [0.15, 0.2) is 53.3 Å². The first-order valence-electron chi connectivity index (χ1n) is 10.6. The smallest absolute Gasteiger partial charge is 0.359 e. The van der Waals surface area contributed by atoms with Gasteiger partial charge in [0.2, 0.25) is 0 Å². The highest BCUT2D eigenvalue weighted by Gasteiger charge is 2.35. The molecule has 1 aliphatic rings. The van der Waals surface area contributed by atoms with Gasteiger partial charge in [0.1, 0.15) is 6.61 Å². The maximum atomic E-state index is 12.8. The van der Waals surface area contributed by atoms with Crippen molar-refractivity contribution in [2.45, 2.75) is 32.7 Å². The van der Waals surface area contributed by atoms with Crippen LogP contribution in [-0.2, 0) is 11.3 Å². The quantitative estimate of drug-likeness (QED) is 0.308. The molecule has 0 spiro atoms. The standard InChI is InChI=1S/C24H23N3O5/c1-2-3-8-13-27-23(30)17-10-5-4-9-16(17)20(25-27)24(31)32-15-14-26-21(28)18-11-6-7-12-19(18)22(26)29/h4-7,9-12H,2-3,8,13-15H2,1H3. The van der Waals surface area contributed by atoms with Crippen LogP contribution in [0.1, 0.15) is 57.4 Å². The molecule has 2 aromatic carbocycles. The fourth-order valence-electron chi connectivity index (χ4n) is 3.79. The average molecular weight is 433 g/mol. The van der Waals surface area contributed by atoms with Crippen LogP contribution in [0.25, 0.3) is 10.8 Å². The van der Waals surface area contributed by atoms with Gasteiger partial charge in [-0.25, -0.2) is 9.48 Å². The van der Waals surface area contributed by atoms with E-state index >= 15 is 0 Å². The van der Waals surface area contributed by atoms with Crippen molar-refractivity contribution in [1.82, 2.24) is 14.7 Å². The Morgan fingerprint density at radius 1 is 0.875 bits per heavy atom. The van der Waals surface area contributed by atoms with E-state index in [1.807, 2.05) is 0 Å². The third-order valence-corrected chi connectivity index (χ3v) is 5.46. The number of aryl methyl sites for hydroxylation is 1. The molecule has 164 valence electrons. The van der Waals surface area contributed by atoms with Crippen LogP contribution in [0.3, 0.4) is 0 Å². The van der Waals surface area contributed by atoms with Crippen molar-refractivity contribution >= 4 is 28.6 Å². The number of ether oxygens (including phenoxy) is 1. The number of aromatic nitrogens is 2. The number of fused-ring (bicyclic) bond motifs is 2. The maximum absolute atomic E-state index is 12.8. The number of carbonyl (C=O) groups is 3. The van der Waals surface area contributed by atoms with Crippen LogP contribution in [0.2, 0.25) is 0 Å². The molecule has 2 amide bonds. The van der Waals surface area contributed by atoms with Gasteiger partial charge in [-0.1, -0.05) is 50.1 Å². The summed E-state index contributed by atoms with van der Waals surface area (Å²) in [7, 11) is 0. The fraction of sp³-hybridized carbons (Fsp3) is 0.292. The lowest BCUT2D eigenvalue weighted by atomic mass is 10.1. The topological polar surface area (TPSA) is 98.6 Å². The Bertz CT molecular complexity index is 1230. The molecule has 32 heavy (non-hydrogen) atoms. The van der Waals surface area contributed by atoms with Gasteiger partial charge in [0.05, 0.1) is 23.1 Å². The summed E-state index contributed by atoms with van der Waals surface area (Å²) in [6, 6.07) is 13.3. The molecular weight excluding hydrogens is 410 g/mol. The predicted molar refractivity (Wildman–Crippen MR) is 118 cm³/mol. The van der Waals surface area contributed by atoms with Crippen molar-refractivity contribution in [3.05, 3.63) is 75.7 Å². The molecule has 8 nitrogen and oxygen atoms in total. The van der Waals surface area contributed by atoms with E-state index in [0.717, 1.165) is 24.2 Å². The van der Waals surface area contributed by atoms with Crippen molar-refractivity contribution in [1.29, 1.82) is 0 Å². The van der Waals surface area contributed by atoms with Gasteiger partial charge < -0.3 is 4.74 Å². The average Bonchev–Trinajstić information content (AvgIpc) is 3.05. The highest BCUT2D eigenvalue weighted by molar-refractivity contribution is 6.21. The highest BCUT2D eigenvalue weighted by atomic mass is 16.5. The molecule has 0 radical (unpaired) electrons. The highest BCUT2D eigenvalue weighted by Crippen LogP contribution is 2.22. The Morgan fingerprint density at radius 3 is 2.16 bits per heavy atom. The summed E-state index contributed by atoms with van der Waals surface area (Å²) in [6.45, 7) is 2.24. The van der Waals surface area contributed by atoms with E-state index in [-0.39, 0.29) is 24.4 Å². The summed E-state index contributed by atoms with van der Waals surface area (Å²) in [4.78, 5) is 51.5. The van der Waals surface area contributed by atoms with Gasteiger partial charge in [-0.3, -0.25) is 19.3 Å². The predicted octanol–water partition coefficient (Wildman–Crippen LogP) is 3.04. The molecule has 0 saturated heterocycles. The van der Waals surface area contributed by atoms with E-state index in [2.05, 4.69) is 12.0 Å². The molecule has 0 bridgehead atoms. The first-order chi connectivity index (χ1) is 15.5. The van der Waals surface area contributed by atoms with Gasteiger partial charge in [-0.05, 0) is 24.6 Å². The molecule has 2 heterocycles. The van der Waals surface area contributed by atoms with Gasteiger partial charge in [-0.15, -0.1) is 0 Å². The number of unbranched alkanes of at least 4 members (excludes halogenated alkanes) is 2. The summed E-state index contributed by atoms with van der Waals surface area (Å²) in [5.41, 5.74) is 0.477. The van der Waals surface area contributed by atoms with Crippen LogP contribution in [0.4, 0.5) is 0 Å². The summed E-state index contributed by atoms with van der Waals surface area (Å²) in [5, 5.41) is 5.07. The fourth-order valence-corrected chi connectivity index (χ4v) is 3.79. The Hall–Kier alpha value is -3.81. The van der Waals surface area contributed by atoms with Crippen LogP contribution in [0.5, 0.6) is 0 Å². The van der Waals surface area contributed by atoms with Crippen molar-refractivity contribution < 1.29 is 19.1 Å². The lowest BCUT2D eigenvalue weighted by Crippen LogP contribution is -2.34. The molecule has 0 unspecified atom stereocenters. The van der Waals surface area contributed by atoms with Crippen molar-refractivity contribution in [2.24, 2.45) is 0 Å². The number of amides is 2. The molecule has 0 fully saturated rings. The minimum atomic E-state index is -0.706. The zero-order valence-electron chi connectivity index (χ0n) is 17.7. The molecule has 0 N–H and O–H groups in total. The second kappa shape index (κ2) is 9.13. The van der Waals surface area contributed by atoms with Crippen molar-refractivity contribution in [3.63, 3.8) is 0 Å². The molecule has 0 atom stereocenters. The maximum Gasteiger partial charge on any atom is 0.359 e. The minimum Gasteiger partial charge on any atom is -0.459 e. The largest absolute Gasteiger partial charge is 0.459 e. The van der Waals surface area contributed by atoms with E-state index in [1.54, 1.807) is 48.5 Å². The summed E-state index contributed by atoms with van der Waals surface area (Å²) in [5.74, 6) is -1.52. The summed E-state index contributed by atoms with van der Waals surface area (Å²) < 4.78 is 6.66. The monoisotopic (exact) mass is 433 g/mol. The van der Waals surface area contributed by atoms with Crippen molar-refractivity contribution in [3.8, 4) is 0 Å². The Morgan fingerprint density at radius 2 is 1.50 bits per heavy atom. The third-order valence-electron chi connectivity index (χ3n) is 5.46. The first-order valence-corrected chi connectivity index (χ1v) is 10.6. The Balaban J connectivity index is 1.51. The van der Waals surface area contributed by atoms with Gasteiger partial charge in [0.25, 0.3) is 17.4 Å². The number of hydrogen-bond donors (Lipinski definition) is 0. The van der Waals surface area contributed by atoms with E-state index in [0.29, 0.717) is 28.4 Å². The van der Waals surface area contributed by atoms with Crippen LogP contribution in [-0.4, -0.2) is 45.6 Å². The third kappa shape index (κ3) is 3.91. The molecule has 0 saturated carbocycles. The Kier molecular flexibility index (Phi) is 6.11. The zero-order valence-corrected chi connectivity index (χ0v) is 17.7. The molecule has 3 aromatic rings. The van der Waals surface area contributed by atoms with E-state index in [4.69, 9.17) is 4.74 Å². The first kappa shape index (κ1) is 21.4. The van der Waals surface area contributed by atoms with E-state index in [1.165, 1.54) is 4.68 Å². The molecule has 8 heteroatoms. The molecule has 4 rings (SSSR count).